The molecule has 0 radical (unpaired) electrons. The van der Waals surface area contributed by atoms with E-state index in [-0.39, 0.29) is 24.2 Å². The van der Waals surface area contributed by atoms with Crippen molar-refractivity contribution < 1.29 is 9.72 Å². The molecule has 2 aromatic carbocycles. The molecular weight excluding hydrogens is 330 g/mol. The van der Waals surface area contributed by atoms with Crippen LogP contribution in [0.2, 0.25) is 5.02 Å². The van der Waals surface area contributed by atoms with Crippen LogP contribution in [-0.4, -0.2) is 17.4 Å². The molecule has 1 amide bonds. The predicted octanol–water partition coefficient (Wildman–Crippen LogP) is 3.85. The molecule has 126 valence electrons. The Labute approximate surface area is 145 Å². The third-order valence-corrected chi connectivity index (χ3v) is 3.86. The third-order valence-electron chi connectivity index (χ3n) is 3.62. The number of nitro benzene ring substituents is 1. The Balaban J connectivity index is 1.96. The number of nitrogens with one attached hydrogen (secondary N) is 2. The van der Waals surface area contributed by atoms with Crippen LogP contribution in [0.1, 0.15) is 24.1 Å². The first kappa shape index (κ1) is 17.9. The molecule has 0 saturated carbocycles. The van der Waals surface area contributed by atoms with Gasteiger partial charge in [-0.3, -0.25) is 14.9 Å². The summed E-state index contributed by atoms with van der Waals surface area (Å²) in [6.07, 6.45) is 0. The molecule has 2 N–H and O–H groups in total. The fraction of sp³-hybridized carbons (Fsp3) is 0.235. The Bertz CT molecular complexity index is 764. The topological polar surface area (TPSA) is 84.3 Å². The minimum atomic E-state index is -0.492. The zero-order chi connectivity index (χ0) is 17.7. The minimum Gasteiger partial charge on any atom is -0.324 e. The van der Waals surface area contributed by atoms with E-state index in [0.29, 0.717) is 10.7 Å². The normalized spacial score (nSPS) is 11.8. The van der Waals surface area contributed by atoms with Crippen LogP contribution < -0.4 is 10.6 Å². The Morgan fingerprint density at radius 3 is 2.71 bits per heavy atom. The maximum absolute atomic E-state index is 12.1. The molecule has 0 unspecified atom stereocenters. The zero-order valence-corrected chi connectivity index (χ0v) is 14.1. The summed E-state index contributed by atoms with van der Waals surface area (Å²) in [5.41, 5.74) is 2.11. The molecule has 6 nitrogen and oxygen atoms in total. The van der Waals surface area contributed by atoms with Crippen molar-refractivity contribution in [1.82, 2.24) is 5.32 Å². The molecule has 24 heavy (non-hydrogen) atoms. The number of halogens is 1. The van der Waals surface area contributed by atoms with Gasteiger partial charge >= 0.3 is 0 Å². The van der Waals surface area contributed by atoms with E-state index >= 15 is 0 Å². The molecule has 0 aliphatic carbocycles. The highest BCUT2D eigenvalue weighted by molar-refractivity contribution is 6.30. The van der Waals surface area contributed by atoms with Crippen molar-refractivity contribution in [2.75, 3.05) is 11.9 Å². The monoisotopic (exact) mass is 347 g/mol. The molecule has 0 saturated heterocycles. The van der Waals surface area contributed by atoms with Gasteiger partial charge < -0.3 is 10.6 Å². The van der Waals surface area contributed by atoms with Crippen molar-refractivity contribution in [2.45, 2.75) is 19.9 Å². The first-order valence-corrected chi connectivity index (χ1v) is 7.78. The summed E-state index contributed by atoms with van der Waals surface area (Å²) in [4.78, 5) is 22.4. The lowest BCUT2D eigenvalue weighted by Gasteiger charge is -2.15. The number of hydrogen-bond acceptors (Lipinski definition) is 4. The Kier molecular flexibility index (Phi) is 5.89. The molecule has 0 aliphatic rings. The van der Waals surface area contributed by atoms with Crippen molar-refractivity contribution in [3.63, 3.8) is 0 Å². The van der Waals surface area contributed by atoms with Crippen molar-refractivity contribution >= 4 is 28.9 Å². The van der Waals surface area contributed by atoms with Gasteiger partial charge in [-0.2, -0.15) is 0 Å². The average Bonchev–Trinajstić information content (AvgIpc) is 2.54. The fourth-order valence-electron chi connectivity index (χ4n) is 2.19. The maximum atomic E-state index is 12.1. The van der Waals surface area contributed by atoms with E-state index in [1.807, 2.05) is 25.1 Å². The number of carbonyl (C=O) groups is 1. The van der Waals surface area contributed by atoms with Gasteiger partial charge in [0.15, 0.2) is 0 Å². The summed E-state index contributed by atoms with van der Waals surface area (Å²) in [6.45, 7) is 3.79. The summed E-state index contributed by atoms with van der Waals surface area (Å²) in [5.74, 6) is -0.271. The molecule has 0 aliphatic heterocycles. The van der Waals surface area contributed by atoms with Crippen LogP contribution in [0.5, 0.6) is 0 Å². The van der Waals surface area contributed by atoms with E-state index < -0.39 is 4.92 Å². The van der Waals surface area contributed by atoms with Crippen molar-refractivity contribution in [2.24, 2.45) is 0 Å². The van der Waals surface area contributed by atoms with E-state index in [1.54, 1.807) is 19.1 Å². The highest BCUT2D eigenvalue weighted by Crippen LogP contribution is 2.22. The van der Waals surface area contributed by atoms with E-state index in [0.717, 1.165) is 11.1 Å². The molecule has 2 aromatic rings. The smallest absolute Gasteiger partial charge is 0.271 e. The number of rotatable bonds is 6. The zero-order valence-electron chi connectivity index (χ0n) is 13.4. The molecule has 7 heteroatoms. The second kappa shape index (κ2) is 7.90. The first-order chi connectivity index (χ1) is 11.4. The van der Waals surface area contributed by atoms with E-state index in [1.165, 1.54) is 12.1 Å². The predicted molar refractivity (Wildman–Crippen MR) is 94.3 cm³/mol. The summed E-state index contributed by atoms with van der Waals surface area (Å²) in [6, 6.07) is 11.7. The Morgan fingerprint density at radius 2 is 2.04 bits per heavy atom. The number of aryl methyl sites for hydroxylation is 1. The van der Waals surface area contributed by atoms with E-state index in [9.17, 15) is 14.9 Å². The minimum absolute atomic E-state index is 0.0549. The van der Waals surface area contributed by atoms with Crippen LogP contribution in [0.4, 0.5) is 11.4 Å². The summed E-state index contributed by atoms with van der Waals surface area (Å²) >= 11 is 5.95. The van der Waals surface area contributed by atoms with Gasteiger partial charge in [0.05, 0.1) is 17.2 Å². The number of benzene rings is 2. The third kappa shape index (κ3) is 4.78. The second-order valence-electron chi connectivity index (χ2n) is 5.46. The van der Waals surface area contributed by atoms with Crippen molar-refractivity contribution in [1.29, 1.82) is 0 Å². The quantitative estimate of drug-likeness (QED) is 0.614. The maximum Gasteiger partial charge on any atom is 0.271 e. The lowest BCUT2D eigenvalue weighted by atomic mass is 10.1. The molecule has 0 fully saturated rings. The number of anilines is 1. The van der Waals surface area contributed by atoms with Crippen LogP contribution in [-0.2, 0) is 4.79 Å². The first-order valence-electron chi connectivity index (χ1n) is 7.40. The molecule has 0 heterocycles. The number of amides is 1. The van der Waals surface area contributed by atoms with Crippen LogP contribution in [0.15, 0.2) is 42.5 Å². The number of nitro groups is 1. The lowest BCUT2D eigenvalue weighted by molar-refractivity contribution is -0.384. The summed E-state index contributed by atoms with van der Waals surface area (Å²) in [7, 11) is 0. The van der Waals surface area contributed by atoms with Crippen LogP contribution in [0, 0.1) is 17.0 Å². The average molecular weight is 348 g/mol. The van der Waals surface area contributed by atoms with Gasteiger partial charge in [0.2, 0.25) is 5.91 Å². The number of carbonyl (C=O) groups excluding carboxylic acids is 1. The largest absolute Gasteiger partial charge is 0.324 e. The highest BCUT2D eigenvalue weighted by Gasteiger charge is 2.12. The van der Waals surface area contributed by atoms with Crippen molar-refractivity contribution in [3.8, 4) is 0 Å². The van der Waals surface area contributed by atoms with Gasteiger partial charge in [-0.15, -0.1) is 0 Å². The number of hydrogen-bond donors (Lipinski definition) is 2. The Morgan fingerprint density at radius 1 is 1.29 bits per heavy atom. The summed E-state index contributed by atoms with van der Waals surface area (Å²) in [5, 5.41) is 17.2. The van der Waals surface area contributed by atoms with Gasteiger partial charge in [0, 0.05) is 23.2 Å². The molecule has 0 aromatic heterocycles. The molecule has 1 atom stereocenters. The number of nitrogens with zero attached hydrogens (tertiary/aromatic N) is 1. The van der Waals surface area contributed by atoms with E-state index in [2.05, 4.69) is 10.6 Å². The molecule has 0 bridgehead atoms. The van der Waals surface area contributed by atoms with Gasteiger partial charge in [0.1, 0.15) is 0 Å². The van der Waals surface area contributed by atoms with Gasteiger partial charge in [0.25, 0.3) is 5.69 Å². The van der Waals surface area contributed by atoms with Gasteiger partial charge in [-0.05, 0) is 37.1 Å². The second-order valence-corrected chi connectivity index (χ2v) is 5.90. The van der Waals surface area contributed by atoms with Crippen LogP contribution in [0.3, 0.4) is 0 Å². The fourth-order valence-corrected chi connectivity index (χ4v) is 2.39. The van der Waals surface area contributed by atoms with Crippen LogP contribution >= 0.6 is 11.6 Å². The van der Waals surface area contributed by atoms with Crippen molar-refractivity contribution in [3.05, 3.63) is 68.7 Å². The standard InChI is InChI=1S/C17H18ClN3O3/c1-11-6-7-15(21(23)24)9-16(11)20-17(22)10-19-12(2)13-4-3-5-14(18)8-13/h3-9,12,19H,10H2,1-2H3,(H,20,22)/t12-/m0/s1. The number of non-ortho nitro benzene ring substituents is 1. The van der Waals surface area contributed by atoms with Gasteiger partial charge in [-0.1, -0.05) is 29.8 Å². The molecule has 2 rings (SSSR count). The molecule has 0 spiro atoms. The SMILES string of the molecule is Cc1ccc([N+](=O)[O-])cc1NC(=O)CN[C@@H](C)c1cccc(Cl)c1. The highest BCUT2D eigenvalue weighted by atomic mass is 35.5. The summed E-state index contributed by atoms with van der Waals surface area (Å²) < 4.78 is 0. The lowest BCUT2D eigenvalue weighted by Crippen LogP contribution is -2.30. The van der Waals surface area contributed by atoms with E-state index in [4.69, 9.17) is 11.6 Å². The van der Waals surface area contributed by atoms with Gasteiger partial charge in [-0.25, -0.2) is 0 Å². The Hall–Kier alpha value is -2.44. The van der Waals surface area contributed by atoms with Crippen LogP contribution in [0.25, 0.3) is 0 Å². The molecular formula is C17H18ClN3O3.